The number of imidazole rings is 1. The first kappa shape index (κ1) is 10.2. The molecule has 2 N–H and O–H groups in total. The van der Waals surface area contributed by atoms with Crippen LogP contribution in [0, 0.1) is 0 Å². The molecule has 4 nitrogen and oxygen atoms in total. The van der Waals surface area contributed by atoms with Gasteiger partial charge < -0.3 is 15.2 Å². The minimum absolute atomic E-state index is 0.838. The van der Waals surface area contributed by atoms with Gasteiger partial charge in [0, 0.05) is 38.2 Å². The highest BCUT2D eigenvalue weighted by Crippen LogP contribution is 2.24. The summed E-state index contributed by atoms with van der Waals surface area (Å²) in [7, 11) is 2.03. The third kappa shape index (κ3) is 1.75. The Kier molecular flexibility index (Phi) is 2.28. The maximum absolute atomic E-state index is 5.84. The Morgan fingerprint density at radius 3 is 2.94 bits per heavy atom. The molecule has 0 spiro atoms. The molecule has 0 amide bonds. The van der Waals surface area contributed by atoms with Crippen molar-refractivity contribution < 1.29 is 0 Å². The molecule has 3 rings (SSSR count). The normalized spacial score (nSPS) is 14.8. The lowest BCUT2D eigenvalue weighted by Crippen LogP contribution is -2.32. The van der Waals surface area contributed by atoms with Crippen molar-refractivity contribution in [2.24, 2.45) is 7.05 Å². The lowest BCUT2D eigenvalue weighted by Gasteiger charge is -2.29. The molecule has 0 saturated carbocycles. The van der Waals surface area contributed by atoms with Crippen LogP contribution in [0.3, 0.4) is 0 Å². The molecule has 4 heteroatoms. The van der Waals surface area contributed by atoms with Crippen LogP contribution in [0.1, 0.15) is 11.1 Å². The van der Waals surface area contributed by atoms with E-state index in [1.807, 2.05) is 25.5 Å². The number of aryl methyl sites for hydroxylation is 1. The monoisotopic (exact) mass is 228 g/mol. The number of benzene rings is 1. The highest BCUT2D eigenvalue weighted by molar-refractivity contribution is 5.48. The van der Waals surface area contributed by atoms with Crippen LogP contribution in [-0.2, 0) is 20.0 Å². The molecule has 1 aromatic heterocycles. The number of fused-ring (bicyclic) bond motifs is 1. The first-order valence-corrected chi connectivity index (χ1v) is 5.83. The van der Waals surface area contributed by atoms with Gasteiger partial charge in [-0.25, -0.2) is 4.98 Å². The molecule has 1 aliphatic heterocycles. The second kappa shape index (κ2) is 3.80. The molecule has 0 radical (unpaired) electrons. The van der Waals surface area contributed by atoms with E-state index in [2.05, 4.69) is 26.6 Å². The zero-order chi connectivity index (χ0) is 11.8. The number of nitrogens with two attached hydrogens (primary N) is 1. The summed E-state index contributed by atoms with van der Waals surface area (Å²) in [6, 6.07) is 6.19. The van der Waals surface area contributed by atoms with E-state index in [-0.39, 0.29) is 0 Å². The molecule has 2 heterocycles. The Bertz CT molecular complexity index is 544. The van der Waals surface area contributed by atoms with Crippen molar-refractivity contribution in [1.82, 2.24) is 9.55 Å². The fraction of sp³-hybridized carbons (Fsp3) is 0.308. The van der Waals surface area contributed by atoms with Gasteiger partial charge in [0.05, 0.1) is 0 Å². The van der Waals surface area contributed by atoms with Gasteiger partial charge in [-0.05, 0) is 29.7 Å². The number of hydrogen-bond donors (Lipinski definition) is 1. The number of aromatic nitrogens is 2. The molecular formula is C13H16N4. The number of nitrogens with zero attached hydrogens (tertiary/aromatic N) is 3. The van der Waals surface area contributed by atoms with Crippen LogP contribution < -0.4 is 10.6 Å². The Labute approximate surface area is 101 Å². The standard InChI is InChI=1S/C13H16N4/c1-16-7-5-15-13(16)17-6-4-10-2-3-12(14)8-11(10)9-17/h2-3,5,7-8H,4,6,9,14H2,1H3. The molecule has 2 aromatic rings. The Morgan fingerprint density at radius 2 is 2.18 bits per heavy atom. The van der Waals surface area contributed by atoms with Gasteiger partial charge in [-0.2, -0.15) is 0 Å². The van der Waals surface area contributed by atoms with E-state index in [1.165, 1.54) is 11.1 Å². The fourth-order valence-corrected chi connectivity index (χ4v) is 2.41. The maximum Gasteiger partial charge on any atom is 0.205 e. The van der Waals surface area contributed by atoms with Gasteiger partial charge in [0.15, 0.2) is 0 Å². The van der Waals surface area contributed by atoms with E-state index in [9.17, 15) is 0 Å². The minimum atomic E-state index is 0.838. The molecule has 1 aromatic carbocycles. The van der Waals surface area contributed by atoms with Crippen molar-refractivity contribution in [3.8, 4) is 0 Å². The number of rotatable bonds is 1. The first-order valence-electron chi connectivity index (χ1n) is 5.83. The largest absolute Gasteiger partial charge is 0.399 e. The van der Waals surface area contributed by atoms with Crippen molar-refractivity contribution in [3.05, 3.63) is 41.7 Å². The van der Waals surface area contributed by atoms with Crippen LogP contribution >= 0.6 is 0 Å². The highest BCUT2D eigenvalue weighted by atomic mass is 15.3. The second-order valence-corrected chi connectivity index (χ2v) is 4.54. The zero-order valence-corrected chi connectivity index (χ0v) is 9.93. The Hall–Kier alpha value is -1.97. The van der Waals surface area contributed by atoms with Crippen LogP contribution in [0.15, 0.2) is 30.6 Å². The minimum Gasteiger partial charge on any atom is -0.399 e. The molecular weight excluding hydrogens is 212 g/mol. The molecule has 0 aliphatic carbocycles. The summed E-state index contributed by atoms with van der Waals surface area (Å²) in [6.07, 6.45) is 4.87. The van der Waals surface area contributed by atoms with Crippen LogP contribution in [-0.4, -0.2) is 16.1 Å². The van der Waals surface area contributed by atoms with Crippen LogP contribution in [0.4, 0.5) is 11.6 Å². The van der Waals surface area contributed by atoms with Crippen molar-refractivity contribution in [2.45, 2.75) is 13.0 Å². The molecule has 0 fully saturated rings. The van der Waals surface area contributed by atoms with Crippen LogP contribution in [0.25, 0.3) is 0 Å². The number of hydrogen-bond acceptors (Lipinski definition) is 3. The highest BCUT2D eigenvalue weighted by Gasteiger charge is 2.18. The second-order valence-electron chi connectivity index (χ2n) is 4.54. The quantitative estimate of drug-likeness (QED) is 0.754. The van der Waals surface area contributed by atoms with Crippen molar-refractivity contribution in [3.63, 3.8) is 0 Å². The van der Waals surface area contributed by atoms with Crippen molar-refractivity contribution in [2.75, 3.05) is 17.2 Å². The Morgan fingerprint density at radius 1 is 1.29 bits per heavy atom. The van der Waals surface area contributed by atoms with E-state index in [0.29, 0.717) is 0 Å². The Balaban J connectivity index is 1.92. The lowest BCUT2D eigenvalue weighted by atomic mass is 9.99. The average molecular weight is 228 g/mol. The van der Waals surface area contributed by atoms with E-state index < -0.39 is 0 Å². The topological polar surface area (TPSA) is 47.1 Å². The summed E-state index contributed by atoms with van der Waals surface area (Å²) >= 11 is 0. The fourth-order valence-electron chi connectivity index (χ4n) is 2.41. The molecule has 0 unspecified atom stereocenters. The summed E-state index contributed by atoms with van der Waals surface area (Å²) in [5, 5.41) is 0. The SMILES string of the molecule is Cn1ccnc1N1CCc2ccc(N)cc2C1. The zero-order valence-electron chi connectivity index (χ0n) is 9.93. The summed E-state index contributed by atoms with van der Waals surface area (Å²) in [5.41, 5.74) is 9.40. The number of nitrogen functional groups attached to an aromatic ring is 1. The summed E-state index contributed by atoms with van der Waals surface area (Å²) < 4.78 is 2.05. The van der Waals surface area contributed by atoms with Gasteiger partial charge >= 0.3 is 0 Å². The maximum atomic E-state index is 5.84. The van der Waals surface area contributed by atoms with Gasteiger partial charge in [0.2, 0.25) is 5.95 Å². The van der Waals surface area contributed by atoms with Crippen molar-refractivity contribution in [1.29, 1.82) is 0 Å². The summed E-state index contributed by atoms with van der Waals surface area (Å²) in [4.78, 5) is 6.69. The van der Waals surface area contributed by atoms with E-state index in [1.54, 1.807) is 0 Å². The summed E-state index contributed by atoms with van der Waals surface area (Å²) in [6.45, 7) is 1.91. The molecule has 1 aliphatic rings. The van der Waals surface area contributed by atoms with Crippen LogP contribution in [0.5, 0.6) is 0 Å². The number of anilines is 2. The molecule has 0 atom stereocenters. The molecule has 0 bridgehead atoms. The molecule has 0 saturated heterocycles. The first-order chi connectivity index (χ1) is 8.24. The predicted molar refractivity (Wildman–Crippen MR) is 68.8 cm³/mol. The van der Waals surface area contributed by atoms with Crippen LogP contribution in [0.2, 0.25) is 0 Å². The summed E-state index contributed by atoms with van der Waals surface area (Å²) in [5.74, 6) is 1.03. The van der Waals surface area contributed by atoms with Gasteiger partial charge in [-0.1, -0.05) is 6.07 Å². The molecule has 17 heavy (non-hydrogen) atoms. The molecule has 88 valence electrons. The van der Waals surface area contributed by atoms with Gasteiger partial charge in [0.1, 0.15) is 0 Å². The van der Waals surface area contributed by atoms with Gasteiger partial charge in [-0.15, -0.1) is 0 Å². The van der Waals surface area contributed by atoms with E-state index >= 15 is 0 Å². The average Bonchev–Trinajstić information content (AvgIpc) is 2.74. The van der Waals surface area contributed by atoms with Gasteiger partial charge in [-0.3, -0.25) is 0 Å². The van der Waals surface area contributed by atoms with E-state index in [0.717, 1.165) is 31.1 Å². The third-order valence-electron chi connectivity index (χ3n) is 3.32. The van der Waals surface area contributed by atoms with Gasteiger partial charge in [0.25, 0.3) is 0 Å². The third-order valence-corrected chi connectivity index (χ3v) is 3.32. The van der Waals surface area contributed by atoms with Crippen molar-refractivity contribution >= 4 is 11.6 Å². The lowest BCUT2D eigenvalue weighted by molar-refractivity contribution is 0.688. The smallest absolute Gasteiger partial charge is 0.205 e. The predicted octanol–water partition coefficient (Wildman–Crippen LogP) is 1.56. The van der Waals surface area contributed by atoms with E-state index in [4.69, 9.17) is 5.73 Å².